The second kappa shape index (κ2) is 11.4. The average Bonchev–Trinajstić information content (AvgIpc) is 3.29. The Hall–Kier alpha value is -2.68. The molecule has 3 aromatic rings. The molecule has 0 radical (unpaired) electrons. The highest BCUT2D eigenvalue weighted by Crippen LogP contribution is 2.41. The summed E-state index contributed by atoms with van der Waals surface area (Å²) in [6.45, 7) is 2.68. The fourth-order valence-corrected chi connectivity index (χ4v) is 6.44. The standard InChI is InChI=1S/C25H25BrF3N3O5S2/c1-24(8-9-30-14-24)37-21-10-15(4-6-18(21)25(27,28)29)32-39(33,34)17-12-19(26)23(31-13-17)38-16-5-7-20(35-2)22(11-16)36-3/h4-7,10-13,30,32H,8-9,14H2,1-3H3/t24-/m1/s1. The van der Waals surface area contributed by atoms with E-state index in [1.807, 2.05) is 0 Å². The summed E-state index contributed by atoms with van der Waals surface area (Å²) in [5.74, 6) is 0.641. The number of hydrogen-bond donors (Lipinski definition) is 2. The van der Waals surface area contributed by atoms with Crippen molar-refractivity contribution in [2.24, 2.45) is 0 Å². The Balaban J connectivity index is 1.57. The van der Waals surface area contributed by atoms with Crippen LogP contribution in [0, 0.1) is 0 Å². The van der Waals surface area contributed by atoms with E-state index in [4.69, 9.17) is 14.2 Å². The van der Waals surface area contributed by atoms with Gasteiger partial charge in [-0.3, -0.25) is 4.72 Å². The number of hydrogen-bond acceptors (Lipinski definition) is 8. The second-order valence-electron chi connectivity index (χ2n) is 8.87. The van der Waals surface area contributed by atoms with Crippen molar-refractivity contribution in [1.29, 1.82) is 0 Å². The van der Waals surface area contributed by atoms with Crippen LogP contribution in [-0.2, 0) is 16.2 Å². The summed E-state index contributed by atoms with van der Waals surface area (Å²) in [6, 6.07) is 9.57. The number of rotatable bonds is 9. The smallest absolute Gasteiger partial charge is 0.419 e. The molecular formula is C25H25BrF3N3O5S2. The summed E-state index contributed by atoms with van der Waals surface area (Å²) in [5.41, 5.74) is -1.92. The van der Waals surface area contributed by atoms with Crippen LogP contribution in [0.4, 0.5) is 18.9 Å². The molecule has 2 aromatic carbocycles. The summed E-state index contributed by atoms with van der Waals surface area (Å²) in [7, 11) is -1.14. The van der Waals surface area contributed by atoms with Crippen molar-refractivity contribution in [3.05, 3.63) is 58.7 Å². The Morgan fingerprint density at radius 3 is 2.44 bits per heavy atom. The van der Waals surface area contributed by atoms with Gasteiger partial charge in [-0.1, -0.05) is 11.8 Å². The van der Waals surface area contributed by atoms with Crippen LogP contribution in [0.25, 0.3) is 0 Å². The van der Waals surface area contributed by atoms with E-state index in [1.54, 1.807) is 25.1 Å². The molecule has 1 saturated heterocycles. The number of ether oxygens (including phenoxy) is 3. The molecule has 0 bridgehead atoms. The number of methoxy groups -OCH3 is 2. The number of anilines is 1. The van der Waals surface area contributed by atoms with Crippen LogP contribution in [-0.4, -0.2) is 46.3 Å². The maximum absolute atomic E-state index is 13.6. The maximum atomic E-state index is 13.6. The molecule has 1 aliphatic rings. The number of pyridine rings is 1. The van der Waals surface area contributed by atoms with E-state index in [-0.39, 0.29) is 10.6 Å². The van der Waals surface area contributed by atoms with Crippen molar-refractivity contribution in [1.82, 2.24) is 10.3 Å². The van der Waals surface area contributed by atoms with E-state index < -0.39 is 33.1 Å². The van der Waals surface area contributed by atoms with E-state index in [0.717, 1.165) is 23.1 Å². The summed E-state index contributed by atoms with van der Waals surface area (Å²) in [4.78, 5) is 4.86. The molecular weight excluding hydrogens is 623 g/mol. The van der Waals surface area contributed by atoms with Crippen molar-refractivity contribution in [2.45, 2.75) is 39.9 Å². The van der Waals surface area contributed by atoms with Crippen LogP contribution in [0.1, 0.15) is 18.9 Å². The van der Waals surface area contributed by atoms with E-state index in [1.165, 1.54) is 38.2 Å². The van der Waals surface area contributed by atoms with Gasteiger partial charge in [-0.05, 0) is 65.8 Å². The third kappa shape index (κ3) is 6.91. The average molecular weight is 649 g/mol. The SMILES string of the molecule is COc1ccc(Sc2ncc(S(=O)(=O)Nc3ccc(C(F)(F)F)c(O[C@]4(C)CCNC4)c3)cc2Br)cc1OC. The van der Waals surface area contributed by atoms with Crippen molar-refractivity contribution in [2.75, 3.05) is 32.0 Å². The van der Waals surface area contributed by atoms with Crippen molar-refractivity contribution >= 4 is 43.4 Å². The van der Waals surface area contributed by atoms with Gasteiger partial charge in [0, 0.05) is 30.1 Å². The number of alkyl halides is 3. The highest BCUT2D eigenvalue weighted by molar-refractivity contribution is 9.10. The summed E-state index contributed by atoms with van der Waals surface area (Å²) < 4.78 is 86.1. The van der Waals surface area contributed by atoms with Crippen LogP contribution in [0.3, 0.4) is 0 Å². The fourth-order valence-electron chi connectivity index (χ4n) is 3.89. The van der Waals surface area contributed by atoms with E-state index in [2.05, 4.69) is 31.0 Å². The molecule has 1 atom stereocenters. The number of benzene rings is 2. The minimum Gasteiger partial charge on any atom is -0.493 e. The predicted molar refractivity (Wildman–Crippen MR) is 144 cm³/mol. The Morgan fingerprint density at radius 2 is 1.82 bits per heavy atom. The largest absolute Gasteiger partial charge is 0.493 e. The highest BCUT2D eigenvalue weighted by Gasteiger charge is 2.38. The Morgan fingerprint density at radius 1 is 1.08 bits per heavy atom. The van der Waals surface area contributed by atoms with Crippen molar-refractivity contribution in [3.63, 3.8) is 0 Å². The van der Waals surface area contributed by atoms with Gasteiger partial charge in [-0.15, -0.1) is 0 Å². The maximum Gasteiger partial charge on any atom is 0.419 e. The summed E-state index contributed by atoms with van der Waals surface area (Å²) in [6.07, 6.45) is -3.00. The number of nitrogens with zero attached hydrogens (tertiary/aromatic N) is 1. The number of halogens is 4. The first-order chi connectivity index (χ1) is 18.3. The van der Waals surface area contributed by atoms with E-state index in [9.17, 15) is 21.6 Å². The third-order valence-corrected chi connectivity index (χ3v) is 9.11. The third-order valence-electron chi connectivity index (χ3n) is 5.89. The zero-order chi connectivity index (χ0) is 28.4. The van der Waals surface area contributed by atoms with Gasteiger partial charge >= 0.3 is 6.18 Å². The lowest BCUT2D eigenvalue weighted by molar-refractivity contribution is -0.139. The van der Waals surface area contributed by atoms with Crippen LogP contribution >= 0.6 is 27.7 Å². The van der Waals surface area contributed by atoms with Gasteiger partial charge in [0.2, 0.25) is 0 Å². The van der Waals surface area contributed by atoms with Gasteiger partial charge in [0.15, 0.2) is 11.5 Å². The summed E-state index contributed by atoms with van der Waals surface area (Å²) in [5, 5.41) is 3.55. The minimum atomic E-state index is -4.68. The Labute approximate surface area is 236 Å². The molecule has 0 aliphatic carbocycles. The van der Waals surface area contributed by atoms with Gasteiger partial charge in [-0.25, -0.2) is 13.4 Å². The van der Waals surface area contributed by atoms with Crippen molar-refractivity contribution in [3.8, 4) is 17.2 Å². The molecule has 210 valence electrons. The molecule has 0 spiro atoms. The van der Waals surface area contributed by atoms with Gasteiger partial charge < -0.3 is 19.5 Å². The quantitative estimate of drug-likeness (QED) is 0.293. The first-order valence-corrected chi connectivity index (χ1v) is 14.6. The molecule has 4 rings (SSSR count). The summed E-state index contributed by atoms with van der Waals surface area (Å²) >= 11 is 4.63. The molecule has 39 heavy (non-hydrogen) atoms. The number of nitrogens with one attached hydrogen (secondary N) is 2. The predicted octanol–water partition coefficient (Wildman–Crippen LogP) is 5.96. The topological polar surface area (TPSA) is 98.8 Å². The van der Waals surface area contributed by atoms with Crippen LogP contribution in [0.2, 0.25) is 0 Å². The number of sulfonamides is 1. The van der Waals surface area contributed by atoms with Crippen molar-refractivity contribution < 1.29 is 35.8 Å². The molecule has 0 amide bonds. The lowest BCUT2D eigenvalue weighted by Gasteiger charge is -2.27. The Bertz CT molecular complexity index is 1470. The molecule has 14 heteroatoms. The van der Waals surface area contributed by atoms with E-state index in [0.29, 0.717) is 40.5 Å². The Kier molecular flexibility index (Phi) is 8.59. The molecule has 1 aromatic heterocycles. The molecule has 8 nitrogen and oxygen atoms in total. The van der Waals surface area contributed by atoms with E-state index >= 15 is 0 Å². The molecule has 2 N–H and O–H groups in total. The number of aromatic nitrogens is 1. The minimum absolute atomic E-state index is 0.0764. The van der Waals surface area contributed by atoms with Crippen LogP contribution < -0.4 is 24.2 Å². The lowest BCUT2D eigenvalue weighted by Crippen LogP contribution is -2.35. The zero-order valence-corrected chi connectivity index (χ0v) is 24.3. The first kappa shape index (κ1) is 29.3. The normalized spacial score (nSPS) is 17.6. The fraction of sp³-hybridized carbons (Fsp3) is 0.320. The monoisotopic (exact) mass is 647 g/mol. The lowest BCUT2D eigenvalue weighted by atomic mass is 10.1. The molecule has 1 aliphatic heterocycles. The van der Waals surface area contributed by atoms with Gasteiger partial charge in [0.25, 0.3) is 10.0 Å². The van der Waals surface area contributed by atoms with Gasteiger partial charge in [-0.2, -0.15) is 13.2 Å². The van der Waals surface area contributed by atoms with Crippen LogP contribution in [0.15, 0.2) is 68.0 Å². The first-order valence-electron chi connectivity index (χ1n) is 11.5. The highest BCUT2D eigenvalue weighted by atomic mass is 79.9. The molecule has 0 unspecified atom stereocenters. The van der Waals surface area contributed by atoms with Gasteiger partial charge in [0.05, 0.1) is 29.9 Å². The van der Waals surface area contributed by atoms with Gasteiger partial charge in [0.1, 0.15) is 21.3 Å². The molecule has 2 heterocycles. The van der Waals surface area contributed by atoms with Crippen LogP contribution in [0.5, 0.6) is 17.2 Å². The zero-order valence-electron chi connectivity index (χ0n) is 21.1. The second-order valence-corrected chi connectivity index (χ2v) is 12.5. The molecule has 0 saturated carbocycles. The molecule has 1 fully saturated rings.